The van der Waals surface area contributed by atoms with Crippen LogP contribution in [-0.2, 0) is 0 Å². The number of nitriles is 1. The summed E-state index contributed by atoms with van der Waals surface area (Å²) in [6.45, 7) is 7.55. The summed E-state index contributed by atoms with van der Waals surface area (Å²) in [5.74, 6) is 1.93. The smallest absolute Gasteiger partial charge is 0.244 e. The number of hydrogen-bond acceptors (Lipinski definition) is 7. The van der Waals surface area contributed by atoms with Crippen LogP contribution in [0, 0.1) is 11.3 Å². The largest absolute Gasteiger partial charge is 0.494 e. The van der Waals surface area contributed by atoms with Crippen molar-refractivity contribution in [3.63, 3.8) is 0 Å². The molecule has 0 fully saturated rings. The maximum absolute atomic E-state index is 9.98. The maximum Gasteiger partial charge on any atom is 0.244 e. The highest BCUT2D eigenvalue weighted by atomic mass is 16.5. The van der Waals surface area contributed by atoms with Crippen molar-refractivity contribution in [2.24, 2.45) is 5.73 Å². The Kier molecular flexibility index (Phi) is 6.93. The summed E-state index contributed by atoms with van der Waals surface area (Å²) in [5, 5.41) is 17.4. The fourth-order valence-electron chi connectivity index (χ4n) is 3.98. The van der Waals surface area contributed by atoms with Crippen LogP contribution in [0.15, 0.2) is 53.9 Å². The SMILES string of the molecule is CCCOc1ccc(-c2[nH]nc3c2C(c2ccc(OCC)c(OCC)c2)C(C#N)=C(N)O3)cc1. The molecule has 0 aliphatic carbocycles. The minimum atomic E-state index is -0.492. The third-order valence-corrected chi connectivity index (χ3v) is 5.46. The zero-order chi connectivity index (χ0) is 24.1. The van der Waals surface area contributed by atoms with Gasteiger partial charge in [0, 0.05) is 5.56 Å². The number of aromatic nitrogens is 2. The quantitative estimate of drug-likeness (QED) is 0.467. The average Bonchev–Trinajstić information content (AvgIpc) is 3.27. The number of allylic oxidation sites excluding steroid dienone is 1. The van der Waals surface area contributed by atoms with E-state index in [1.54, 1.807) is 0 Å². The monoisotopic (exact) mass is 460 g/mol. The summed E-state index contributed by atoms with van der Waals surface area (Å²) in [4.78, 5) is 0. The highest BCUT2D eigenvalue weighted by Crippen LogP contribution is 2.47. The van der Waals surface area contributed by atoms with Gasteiger partial charge in [-0.3, -0.25) is 5.10 Å². The first kappa shape index (κ1) is 23.1. The van der Waals surface area contributed by atoms with Gasteiger partial charge in [0.05, 0.1) is 37.0 Å². The zero-order valence-corrected chi connectivity index (χ0v) is 19.6. The summed E-state index contributed by atoms with van der Waals surface area (Å²) < 4.78 is 23.0. The fraction of sp³-hybridized carbons (Fsp3) is 0.308. The van der Waals surface area contributed by atoms with Crippen molar-refractivity contribution < 1.29 is 18.9 Å². The average molecular weight is 461 g/mol. The van der Waals surface area contributed by atoms with Crippen LogP contribution in [0.1, 0.15) is 44.2 Å². The lowest BCUT2D eigenvalue weighted by Crippen LogP contribution is -2.21. The molecule has 8 nitrogen and oxygen atoms in total. The van der Waals surface area contributed by atoms with Crippen molar-refractivity contribution in [3.05, 3.63) is 65.0 Å². The summed E-state index contributed by atoms with van der Waals surface area (Å²) in [7, 11) is 0. The molecule has 1 unspecified atom stereocenters. The van der Waals surface area contributed by atoms with Crippen molar-refractivity contribution in [1.82, 2.24) is 10.2 Å². The Balaban J connectivity index is 1.81. The Hall–Kier alpha value is -4.12. The Labute approximate surface area is 198 Å². The van der Waals surface area contributed by atoms with Gasteiger partial charge in [-0.05, 0) is 62.2 Å². The maximum atomic E-state index is 9.98. The number of ether oxygens (including phenoxy) is 4. The van der Waals surface area contributed by atoms with E-state index in [0.717, 1.165) is 34.6 Å². The van der Waals surface area contributed by atoms with Gasteiger partial charge in [0.25, 0.3) is 0 Å². The van der Waals surface area contributed by atoms with E-state index < -0.39 is 5.92 Å². The van der Waals surface area contributed by atoms with Crippen molar-refractivity contribution in [2.75, 3.05) is 19.8 Å². The fourth-order valence-corrected chi connectivity index (χ4v) is 3.98. The molecule has 3 aromatic rings. The van der Waals surface area contributed by atoms with Crippen LogP contribution in [0.4, 0.5) is 0 Å². The van der Waals surface area contributed by atoms with Crippen molar-refractivity contribution in [1.29, 1.82) is 5.26 Å². The van der Waals surface area contributed by atoms with Crippen molar-refractivity contribution >= 4 is 0 Å². The number of aromatic amines is 1. The van der Waals surface area contributed by atoms with Crippen LogP contribution in [-0.4, -0.2) is 30.0 Å². The molecule has 2 heterocycles. The van der Waals surface area contributed by atoms with Gasteiger partial charge in [-0.25, -0.2) is 0 Å². The molecule has 3 N–H and O–H groups in total. The van der Waals surface area contributed by atoms with E-state index in [1.807, 2.05) is 56.3 Å². The normalized spacial score (nSPS) is 14.7. The standard InChI is InChI=1S/C26H28N4O4/c1-4-13-33-18-10-7-16(8-11-18)24-23-22(19(15-27)25(28)34-26(23)30-29-24)17-9-12-20(31-5-2)21(14-17)32-6-3/h7-12,14,22H,4-6,13,28H2,1-3H3,(H,29,30). The molecule has 0 bridgehead atoms. The number of benzene rings is 2. The molecular formula is C26H28N4O4. The Bertz CT molecular complexity index is 1220. The molecule has 0 spiro atoms. The van der Waals surface area contributed by atoms with E-state index in [-0.39, 0.29) is 5.88 Å². The van der Waals surface area contributed by atoms with Crippen LogP contribution in [0.25, 0.3) is 11.3 Å². The molecule has 2 aromatic carbocycles. The molecule has 4 rings (SSSR count). The lowest BCUT2D eigenvalue weighted by atomic mass is 9.83. The highest BCUT2D eigenvalue weighted by molar-refractivity contribution is 5.71. The Morgan fingerprint density at radius 3 is 2.44 bits per heavy atom. The second-order valence-corrected chi connectivity index (χ2v) is 7.69. The molecule has 0 amide bonds. The van der Waals surface area contributed by atoms with Crippen LogP contribution in [0.5, 0.6) is 23.1 Å². The van der Waals surface area contributed by atoms with E-state index >= 15 is 0 Å². The van der Waals surface area contributed by atoms with Gasteiger partial charge in [-0.2, -0.15) is 5.26 Å². The van der Waals surface area contributed by atoms with Crippen LogP contribution < -0.4 is 24.7 Å². The van der Waals surface area contributed by atoms with E-state index in [0.29, 0.717) is 42.8 Å². The van der Waals surface area contributed by atoms with E-state index in [9.17, 15) is 5.26 Å². The molecule has 34 heavy (non-hydrogen) atoms. The van der Waals surface area contributed by atoms with Crippen LogP contribution >= 0.6 is 0 Å². The van der Waals surface area contributed by atoms with Gasteiger partial charge in [-0.15, -0.1) is 5.10 Å². The zero-order valence-electron chi connectivity index (χ0n) is 19.6. The van der Waals surface area contributed by atoms with Crippen molar-refractivity contribution in [2.45, 2.75) is 33.1 Å². The molecule has 0 saturated heterocycles. The van der Waals surface area contributed by atoms with Crippen LogP contribution in [0.3, 0.4) is 0 Å². The van der Waals surface area contributed by atoms with Crippen molar-refractivity contribution in [3.8, 4) is 40.5 Å². The molecule has 1 aromatic heterocycles. The third kappa shape index (κ3) is 4.37. The number of nitrogens with one attached hydrogen (secondary N) is 1. The minimum Gasteiger partial charge on any atom is -0.494 e. The second-order valence-electron chi connectivity index (χ2n) is 7.69. The van der Waals surface area contributed by atoms with E-state index in [1.165, 1.54) is 0 Å². The first-order valence-corrected chi connectivity index (χ1v) is 11.4. The van der Waals surface area contributed by atoms with Gasteiger partial charge in [0.2, 0.25) is 11.8 Å². The van der Waals surface area contributed by atoms with Gasteiger partial charge in [-0.1, -0.05) is 13.0 Å². The summed E-state index contributed by atoms with van der Waals surface area (Å²) in [6.07, 6.45) is 0.936. The number of nitrogens with two attached hydrogens (primary N) is 1. The predicted molar refractivity (Wildman–Crippen MR) is 128 cm³/mol. The highest BCUT2D eigenvalue weighted by Gasteiger charge is 2.36. The van der Waals surface area contributed by atoms with E-state index in [4.69, 9.17) is 24.7 Å². The van der Waals surface area contributed by atoms with Gasteiger partial charge in [0.15, 0.2) is 11.5 Å². The van der Waals surface area contributed by atoms with Gasteiger partial charge in [0.1, 0.15) is 17.4 Å². The lowest BCUT2D eigenvalue weighted by molar-refractivity contribution is 0.287. The molecule has 8 heteroatoms. The van der Waals surface area contributed by atoms with Gasteiger partial charge < -0.3 is 24.7 Å². The number of H-pyrrole nitrogens is 1. The molecule has 1 aliphatic rings. The second kappa shape index (κ2) is 10.2. The first-order chi connectivity index (χ1) is 16.6. The number of rotatable bonds is 9. The van der Waals surface area contributed by atoms with E-state index in [2.05, 4.69) is 23.2 Å². The lowest BCUT2D eigenvalue weighted by Gasteiger charge is -2.25. The molecule has 0 saturated carbocycles. The molecular weight excluding hydrogens is 432 g/mol. The Morgan fingerprint density at radius 1 is 1.03 bits per heavy atom. The summed E-state index contributed by atoms with van der Waals surface area (Å²) >= 11 is 0. The molecule has 0 radical (unpaired) electrons. The summed E-state index contributed by atoms with van der Waals surface area (Å²) in [6, 6.07) is 15.6. The van der Waals surface area contributed by atoms with Gasteiger partial charge >= 0.3 is 0 Å². The molecule has 176 valence electrons. The number of nitrogens with zero attached hydrogens (tertiary/aromatic N) is 2. The van der Waals surface area contributed by atoms with Crippen LogP contribution in [0.2, 0.25) is 0 Å². The Morgan fingerprint density at radius 2 is 1.76 bits per heavy atom. The topological polar surface area (TPSA) is 115 Å². The third-order valence-electron chi connectivity index (χ3n) is 5.46. The first-order valence-electron chi connectivity index (χ1n) is 11.4. The minimum absolute atomic E-state index is 0.0354. The molecule has 1 atom stereocenters. The molecule has 1 aliphatic heterocycles. The number of hydrogen-bond donors (Lipinski definition) is 2. The number of fused-ring (bicyclic) bond motifs is 1. The summed E-state index contributed by atoms with van der Waals surface area (Å²) in [5.41, 5.74) is 9.63. The predicted octanol–water partition coefficient (Wildman–Crippen LogP) is 4.88.